The van der Waals surface area contributed by atoms with Gasteiger partial charge in [-0.3, -0.25) is 9.36 Å². The largest absolute Gasteiger partial charge is 0.395 e. The number of fused-ring (bicyclic) bond motifs is 1. The van der Waals surface area contributed by atoms with Crippen molar-refractivity contribution in [1.82, 2.24) is 34.2 Å². The average Bonchev–Trinajstić information content (AvgIpc) is 3.48. The maximum Gasteiger partial charge on any atom is 0.0999 e. The molecule has 0 radical (unpaired) electrons. The third-order valence-electron chi connectivity index (χ3n) is 5.17. The van der Waals surface area contributed by atoms with E-state index in [1.165, 1.54) is 0 Å². The Balaban J connectivity index is 1.74. The van der Waals surface area contributed by atoms with Gasteiger partial charge in [0.1, 0.15) is 0 Å². The lowest BCUT2D eigenvalue weighted by Crippen LogP contribution is -2.29. The van der Waals surface area contributed by atoms with E-state index in [0.29, 0.717) is 12.6 Å². The van der Waals surface area contributed by atoms with Crippen LogP contribution in [-0.2, 0) is 6.54 Å². The molecule has 0 spiro atoms. The van der Waals surface area contributed by atoms with E-state index in [-0.39, 0.29) is 12.6 Å². The van der Waals surface area contributed by atoms with E-state index < -0.39 is 0 Å². The lowest BCUT2D eigenvalue weighted by molar-refractivity contribution is 0.250. The minimum absolute atomic E-state index is 0.0860. The first kappa shape index (κ1) is 19.3. The molecule has 9 nitrogen and oxygen atoms in total. The number of hydrogen-bond acceptors (Lipinski definition) is 6. The van der Waals surface area contributed by atoms with Gasteiger partial charge >= 0.3 is 0 Å². The Morgan fingerprint density at radius 3 is 2.59 bits per heavy atom. The Hall–Kier alpha value is -3.04. The summed E-state index contributed by atoms with van der Waals surface area (Å²) in [5.74, 6) is 0. The van der Waals surface area contributed by atoms with Crippen LogP contribution in [0.15, 0.2) is 43.2 Å². The van der Waals surface area contributed by atoms with Crippen LogP contribution in [0.5, 0.6) is 0 Å². The Labute approximate surface area is 168 Å². The molecule has 0 aliphatic heterocycles. The summed E-state index contributed by atoms with van der Waals surface area (Å²) in [5, 5.41) is 22.5. The standard InChI is InChI=1S/C20H26N8O/c1-3-17(4-2)27-10-15(8-24-27)20-19-5-6-22-28(19)12-18(25-20)14-7-23-26(9-14)11-16(21)13-29/h5-10,12,16-17,29H,3-4,11,13,21H2,1-2H3/t16-/m0/s1. The van der Waals surface area contributed by atoms with Crippen molar-refractivity contribution >= 4 is 5.52 Å². The third kappa shape index (κ3) is 3.79. The number of aromatic nitrogens is 7. The highest BCUT2D eigenvalue weighted by Gasteiger charge is 2.15. The van der Waals surface area contributed by atoms with E-state index in [1.54, 1.807) is 17.1 Å². The number of aliphatic hydroxyl groups excluding tert-OH is 1. The average molecular weight is 394 g/mol. The zero-order chi connectivity index (χ0) is 20.4. The van der Waals surface area contributed by atoms with E-state index >= 15 is 0 Å². The topological polar surface area (TPSA) is 112 Å². The fourth-order valence-corrected chi connectivity index (χ4v) is 3.50. The summed E-state index contributed by atoms with van der Waals surface area (Å²) in [6.45, 7) is 4.70. The van der Waals surface area contributed by atoms with Crippen LogP contribution in [0.4, 0.5) is 0 Å². The molecule has 4 heterocycles. The molecule has 0 bridgehead atoms. The van der Waals surface area contributed by atoms with Gasteiger partial charge in [0.25, 0.3) is 0 Å². The molecule has 0 saturated heterocycles. The number of nitrogens with zero attached hydrogens (tertiary/aromatic N) is 7. The molecular formula is C20H26N8O. The second-order valence-corrected chi connectivity index (χ2v) is 7.21. The molecule has 4 aromatic rings. The minimum Gasteiger partial charge on any atom is -0.395 e. The smallest absolute Gasteiger partial charge is 0.0999 e. The highest BCUT2D eigenvalue weighted by Crippen LogP contribution is 2.27. The first-order valence-corrected chi connectivity index (χ1v) is 9.91. The molecule has 1 atom stereocenters. The molecule has 152 valence electrons. The fourth-order valence-electron chi connectivity index (χ4n) is 3.50. The molecule has 0 fully saturated rings. The summed E-state index contributed by atoms with van der Waals surface area (Å²) in [6, 6.07) is 1.97. The summed E-state index contributed by atoms with van der Waals surface area (Å²) < 4.78 is 5.56. The highest BCUT2D eigenvalue weighted by molar-refractivity contribution is 5.78. The van der Waals surface area contributed by atoms with Gasteiger partial charge in [0.15, 0.2) is 0 Å². The van der Waals surface area contributed by atoms with Crippen molar-refractivity contribution in [3.05, 3.63) is 43.2 Å². The van der Waals surface area contributed by atoms with Crippen LogP contribution in [0.1, 0.15) is 32.7 Å². The van der Waals surface area contributed by atoms with Gasteiger partial charge in [-0.1, -0.05) is 13.8 Å². The van der Waals surface area contributed by atoms with Crippen LogP contribution in [0.25, 0.3) is 28.0 Å². The van der Waals surface area contributed by atoms with Crippen molar-refractivity contribution in [2.45, 2.75) is 45.3 Å². The van der Waals surface area contributed by atoms with Crippen molar-refractivity contribution in [2.24, 2.45) is 5.73 Å². The molecule has 9 heteroatoms. The van der Waals surface area contributed by atoms with Crippen molar-refractivity contribution in [3.8, 4) is 22.5 Å². The molecule has 3 N–H and O–H groups in total. The Kier molecular flexibility index (Phi) is 5.41. The van der Waals surface area contributed by atoms with Crippen LogP contribution in [0.2, 0.25) is 0 Å². The molecule has 4 rings (SSSR count). The van der Waals surface area contributed by atoms with Crippen LogP contribution in [0.3, 0.4) is 0 Å². The molecule has 4 aromatic heterocycles. The SMILES string of the molecule is CCC(CC)n1cc(-c2nc(-c3cnn(C[C@H](N)CO)c3)cn3nccc23)cn1. The Bertz CT molecular complexity index is 1090. The maximum atomic E-state index is 9.16. The Morgan fingerprint density at radius 1 is 1.03 bits per heavy atom. The van der Waals surface area contributed by atoms with E-state index in [9.17, 15) is 0 Å². The second kappa shape index (κ2) is 8.14. The lowest BCUT2D eigenvalue weighted by atomic mass is 10.1. The van der Waals surface area contributed by atoms with Crippen molar-refractivity contribution < 1.29 is 5.11 Å². The van der Waals surface area contributed by atoms with Gasteiger partial charge in [0.2, 0.25) is 0 Å². The van der Waals surface area contributed by atoms with E-state index in [2.05, 4.69) is 35.3 Å². The van der Waals surface area contributed by atoms with Crippen molar-refractivity contribution in [1.29, 1.82) is 0 Å². The molecule has 0 unspecified atom stereocenters. The summed E-state index contributed by atoms with van der Waals surface area (Å²) in [5.41, 5.74) is 10.1. The molecule has 0 aromatic carbocycles. The van der Waals surface area contributed by atoms with E-state index in [1.807, 2.05) is 33.9 Å². The van der Waals surface area contributed by atoms with E-state index in [0.717, 1.165) is 40.9 Å². The zero-order valence-corrected chi connectivity index (χ0v) is 16.7. The second-order valence-electron chi connectivity index (χ2n) is 7.21. The maximum absolute atomic E-state index is 9.16. The number of rotatable bonds is 8. The summed E-state index contributed by atoms with van der Waals surface area (Å²) >= 11 is 0. The number of nitrogens with two attached hydrogens (primary N) is 1. The van der Waals surface area contributed by atoms with Crippen LogP contribution in [-0.4, -0.2) is 51.9 Å². The monoisotopic (exact) mass is 394 g/mol. The van der Waals surface area contributed by atoms with Gasteiger partial charge in [0.05, 0.1) is 60.9 Å². The molecule has 0 aliphatic rings. The van der Waals surface area contributed by atoms with Gasteiger partial charge in [-0.15, -0.1) is 0 Å². The van der Waals surface area contributed by atoms with Gasteiger partial charge in [0, 0.05) is 29.6 Å². The van der Waals surface area contributed by atoms with Gasteiger partial charge in [-0.2, -0.15) is 15.3 Å². The Morgan fingerprint density at radius 2 is 1.83 bits per heavy atom. The quantitative estimate of drug-likeness (QED) is 0.473. The zero-order valence-electron chi connectivity index (χ0n) is 16.7. The van der Waals surface area contributed by atoms with Crippen molar-refractivity contribution in [3.63, 3.8) is 0 Å². The third-order valence-corrected chi connectivity index (χ3v) is 5.17. The first-order chi connectivity index (χ1) is 14.1. The summed E-state index contributed by atoms with van der Waals surface area (Å²) in [4.78, 5) is 4.90. The number of hydrogen-bond donors (Lipinski definition) is 2. The highest BCUT2D eigenvalue weighted by atomic mass is 16.3. The molecular weight excluding hydrogens is 368 g/mol. The molecule has 29 heavy (non-hydrogen) atoms. The molecule has 0 saturated carbocycles. The molecule has 0 aliphatic carbocycles. The van der Waals surface area contributed by atoms with E-state index in [4.69, 9.17) is 15.8 Å². The van der Waals surface area contributed by atoms with Gasteiger partial charge in [-0.25, -0.2) is 9.50 Å². The number of aliphatic hydroxyl groups is 1. The van der Waals surface area contributed by atoms with Crippen LogP contribution < -0.4 is 5.73 Å². The lowest BCUT2D eigenvalue weighted by Gasteiger charge is -2.12. The normalized spacial score (nSPS) is 12.9. The van der Waals surface area contributed by atoms with Crippen LogP contribution >= 0.6 is 0 Å². The summed E-state index contributed by atoms with van der Waals surface area (Å²) in [7, 11) is 0. The minimum atomic E-state index is -0.351. The summed E-state index contributed by atoms with van der Waals surface area (Å²) in [6.07, 6.45) is 13.3. The predicted octanol–water partition coefficient (Wildman–Crippen LogP) is 2.14. The predicted molar refractivity (Wildman–Crippen MR) is 110 cm³/mol. The van der Waals surface area contributed by atoms with Gasteiger partial charge in [-0.05, 0) is 18.9 Å². The van der Waals surface area contributed by atoms with Crippen molar-refractivity contribution in [2.75, 3.05) is 6.61 Å². The van der Waals surface area contributed by atoms with Gasteiger partial charge < -0.3 is 10.8 Å². The first-order valence-electron chi connectivity index (χ1n) is 9.91. The molecule has 0 amide bonds. The fraction of sp³-hybridized carbons (Fsp3) is 0.400. The van der Waals surface area contributed by atoms with Crippen LogP contribution in [0, 0.1) is 0 Å².